The summed E-state index contributed by atoms with van der Waals surface area (Å²) >= 11 is 4.10. The van der Waals surface area contributed by atoms with Crippen molar-refractivity contribution < 1.29 is 29.1 Å². The van der Waals surface area contributed by atoms with E-state index in [1.165, 1.54) is 0 Å². The first-order valence-electron chi connectivity index (χ1n) is 10.8. The van der Waals surface area contributed by atoms with Crippen LogP contribution in [0.3, 0.4) is 0 Å². The van der Waals surface area contributed by atoms with Crippen LogP contribution < -0.4 is 27.4 Å². The fraction of sp³-hybridized carbons (Fsp3) is 0.500. The minimum absolute atomic E-state index is 0.0144. The molecule has 0 saturated carbocycles. The molecular formula is C22H33N5O6S. The van der Waals surface area contributed by atoms with E-state index < -0.39 is 60.2 Å². The average Bonchev–Trinajstić information content (AvgIpc) is 2.75. The number of carbonyl (C=O) groups is 5. The van der Waals surface area contributed by atoms with E-state index in [0.29, 0.717) is 0 Å². The predicted octanol–water partition coefficient (Wildman–Crippen LogP) is -1.05. The van der Waals surface area contributed by atoms with Crippen LogP contribution in [0.4, 0.5) is 0 Å². The Hall–Kier alpha value is -3.12. The van der Waals surface area contributed by atoms with Crippen LogP contribution in [0.1, 0.15) is 32.3 Å². The summed E-state index contributed by atoms with van der Waals surface area (Å²) in [5.74, 6) is -4.24. The molecule has 12 heteroatoms. The number of nitrogens with two attached hydrogens (primary N) is 2. The maximum absolute atomic E-state index is 13.0. The molecule has 0 heterocycles. The molecule has 0 aliphatic rings. The van der Waals surface area contributed by atoms with Gasteiger partial charge in [-0.25, -0.2) is 4.79 Å². The molecule has 0 bridgehead atoms. The fourth-order valence-electron chi connectivity index (χ4n) is 3.08. The van der Waals surface area contributed by atoms with E-state index in [1.807, 2.05) is 13.8 Å². The predicted molar refractivity (Wildman–Crippen MR) is 129 cm³/mol. The minimum atomic E-state index is -1.25. The minimum Gasteiger partial charge on any atom is -0.480 e. The standard InChI is InChI=1S/C22H33N5O6S/c1-12(2)8-16(22(32)33)26-21(31)17(11-34)27-20(30)15(9-13-6-4-3-5-7-13)25-19(29)14(23)10-18(24)28/h3-7,12,14-17,34H,8-11,23H2,1-2H3,(H2,24,28)(H,25,29)(H,26,31)(H,27,30)(H,32,33). The van der Waals surface area contributed by atoms with Crippen LogP contribution in [0, 0.1) is 5.92 Å². The number of carboxylic acid groups (broad SMARTS) is 1. The van der Waals surface area contributed by atoms with Crippen molar-refractivity contribution in [3.8, 4) is 0 Å². The Morgan fingerprint density at radius 1 is 0.912 bits per heavy atom. The van der Waals surface area contributed by atoms with Crippen molar-refractivity contribution in [3.63, 3.8) is 0 Å². The molecule has 1 aromatic carbocycles. The van der Waals surface area contributed by atoms with Gasteiger partial charge in [-0.15, -0.1) is 0 Å². The Bertz CT molecular complexity index is 867. The van der Waals surface area contributed by atoms with Crippen molar-refractivity contribution in [2.75, 3.05) is 5.75 Å². The smallest absolute Gasteiger partial charge is 0.326 e. The van der Waals surface area contributed by atoms with Gasteiger partial charge in [0.05, 0.1) is 12.5 Å². The maximum Gasteiger partial charge on any atom is 0.326 e. The summed E-state index contributed by atoms with van der Waals surface area (Å²) in [4.78, 5) is 60.6. The number of rotatable bonds is 14. The summed E-state index contributed by atoms with van der Waals surface area (Å²) in [6.07, 6.45) is -0.119. The summed E-state index contributed by atoms with van der Waals surface area (Å²) in [7, 11) is 0. The van der Waals surface area contributed by atoms with Gasteiger partial charge in [0.1, 0.15) is 18.1 Å². The van der Waals surface area contributed by atoms with Crippen LogP contribution in [0.25, 0.3) is 0 Å². The lowest BCUT2D eigenvalue weighted by Crippen LogP contribution is -2.58. The average molecular weight is 496 g/mol. The van der Waals surface area contributed by atoms with Crippen LogP contribution >= 0.6 is 12.6 Å². The number of hydrogen-bond donors (Lipinski definition) is 7. The fourth-order valence-corrected chi connectivity index (χ4v) is 3.34. The molecular weight excluding hydrogens is 462 g/mol. The van der Waals surface area contributed by atoms with Crippen molar-refractivity contribution in [1.82, 2.24) is 16.0 Å². The normalized spacial score (nSPS) is 14.4. The third-order valence-electron chi connectivity index (χ3n) is 4.81. The molecule has 4 amide bonds. The molecule has 1 rings (SSSR count). The summed E-state index contributed by atoms with van der Waals surface area (Å²) in [6.45, 7) is 3.64. The molecule has 0 radical (unpaired) electrons. The third-order valence-corrected chi connectivity index (χ3v) is 5.18. The van der Waals surface area contributed by atoms with E-state index >= 15 is 0 Å². The van der Waals surface area contributed by atoms with E-state index in [1.54, 1.807) is 30.3 Å². The number of carboxylic acids is 1. The molecule has 4 atom stereocenters. The Balaban J connectivity index is 2.98. The molecule has 188 valence electrons. The van der Waals surface area contributed by atoms with Gasteiger partial charge in [0.15, 0.2) is 0 Å². The Kier molecular flexibility index (Phi) is 12.1. The summed E-state index contributed by atoms with van der Waals surface area (Å²) in [5.41, 5.74) is 11.5. The van der Waals surface area contributed by atoms with Gasteiger partial charge in [-0.1, -0.05) is 44.2 Å². The highest BCUT2D eigenvalue weighted by Crippen LogP contribution is 2.07. The van der Waals surface area contributed by atoms with Crippen LogP contribution in [0.2, 0.25) is 0 Å². The van der Waals surface area contributed by atoms with Crippen LogP contribution in [0.5, 0.6) is 0 Å². The van der Waals surface area contributed by atoms with Gasteiger partial charge in [0, 0.05) is 12.2 Å². The first kappa shape index (κ1) is 28.9. The topological polar surface area (TPSA) is 194 Å². The van der Waals surface area contributed by atoms with E-state index in [-0.39, 0.29) is 24.5 Å². The molecule has 0 saturated heterocycles. The summed E-state index contributed by atoms with van der Waals surface area (Å²) in [5, 5.41) is 16.8. The van der Waals surface area contributed by atoms with Gasteiger partial charge in [-0.2, -0.15) is 12.6 Å². The highest BCUT2D eigenvalue weighted by molar-refractivity contribution is 7.80. The van der Waals surface area contributed by atoms with Crippen molar-refractivity contribution in [2.45, 2.75) is 57.3 Å². The number of thiol groups is 1. The molecule has 0 fully saturated rings. The monoisotopic (exact) mass is 495 g/mol. The molecule has 11 nitrogen and oxygen atoms in total. The largest absolute Gasteiger partial charge is 0.480 e. The number of carbonyl (C=O) groups excluding carboxylic acids is 4. The molecule has 0 aromatic heterocycles. The highest BCUT2D eigenvalue weighted by Gasteiger charge is 2.30. The quantitative estimate of drug-likeness (QED) is 0.160. The second-order valence-electron chi connectivity index (χ2n) is 8.30. The number of hydrogen-bond acceptors (Lipinski definition) is 7. The van der Waals surface area contributed by atoms with E-state index in [0.717, 1.165) is 5.56 Å². The lowest BCUT2D eigenvalue weighted by Gasteiger charge is -2.25. The van der Waals surface area contributed by atoms with Crippen molar-refractivity contribution >= 4 is 42.2 Å². The maximum atomic E-state index is 13.0. The zero-order chi connectivity index (χ0) is 25.8. The molecule has 0 spiro atoms. The molecule has 0 aliphatic heterocycles. The zero-order valence-electron chi connectivity index (χ0n) is 19.2. The van der Waals surface area contributed by atoms with Gasteiger partial charge in [0.25, 0.3) is 0 Å². The van der Waals surface area contributed by atoms with E-state index in [9.17, 15) is 29.1 Å². The molecule has 34 heavy (non-hydrogen) atoms. The Labute approximate surface area is 203 Å². The van der Waals surface area contributed by atoms with Crippen LogP contribution in [-0.4, -0.2) is 64.6 Å². The second kappa shape index (κ2) is 14.2. The zero-order valence-corrected chi connectivity index (χ0v) is 20.1. The van der Waals surface area contributed by atoms with Gasteiger partial charge in [-0.05, 0) is 17.9 Å². The van der Waals surface area contributed by atoms with Crippen LogP contribution in [0.15, 0.2) is 30.3 Å². The van der Waals surface area contributed by atoms with E-state index in [4.69, 9.17) is 11.5 Å². The second-order valence-corrected chi connectivity index (χ2v) is 8.67. The number of nitrogens with one attached hydrogen (secondary N) is 3. The lowest BCUT2D eigenvalue weighted by molar-refractivity contribution is -0.142. The van der Waals surface area contributed by atoms with Crippen molar-refractivity contribution in [2.24, 2.45) is 17.4 Å². The summed E-state index contributed by atoms with van der Waals surface area (Å²) in [6, 6.07) is 4.15. The number of aliphatic carboxylic acids is 1. The number of benzene rings is 1. The highest BCUT2D eigenvalue weighted by atomic mass is 32.1. The van der Waals surface area contributed by atoms with Gasteiger partial charge in [0.2, 0.25) is 23.6 Å². The van der Waals surface area contributed by atoms with Crippen molar-refractivity contribution in [1.29, 1.82) is 0 Å². The molecule has 4 unspecified atom stereocenters. The molecule has 1 aromatic rings. The Morgan fingerprint density at radius 2 is 1.44 bits per heavy atom. The van der Waals surface area contributed by atoms with Gasteiger partial charge >= 0.3 is 5.97 Å². The third kappa shape index (κ3) is 10.2. The Morgan fingerprint density at radius 3 is 1.94 bits per heavy atom. The first-order chi connectivity index (χ1) is 15.9. The number of primary amides is 1. The van der Waals surface area contributed by atoms with Crippen LogP contribution in [-0.2, 0) is 30.4 Å². The van der Waals surface area contributed by atoms with Gasteiger partial charge in [-0.3, -0.25) is 19.2 Å². The van der Waals surface area contributed by atoms with E-state index in [2.05, 4.69) is 28.6 Å². The first-order valence-corrected chi connectivity index (χ1v) is 11.4. The number of amides is 4. The van der Waals surface area contributed by atoms with Crippen molar-refractivity contribution in [3.05, 3.63) is 35.9 Å². The molecule has 0 aliphatic carbocycles. The van der Waals surface area contributed by atoms with Gasteiger partial charge < -0.3 is 32.5 Å². The molecule has 8 N–H and O–H groups in total. The lowest BCUT2D eigenvalue weighted by atomic mass is 10.0. The SMILES string of the molecule is CC(C)CC(NC(=O)C(CS)NC(=O)C(Cc1ccccc1)NC(=O)C(N)CC(N)=O)C(=O)O. The summed E-state index contributed by atoms with van der Waals surface area (Å²) < 4.78 is 0.